The number of carbonyl (C=O) groups is 2. The molecule has 2 rings (SSSR count). The van der Waals surface area contributed by atoms with Crippen LogP contribution in [-0.4, -0.2) is 71.4 Å². The zero-order valence-electron chi connectivity index (χ0n) is 23.8. The molecule has 0 saturated heterocycles. The molecule has 40 heavy (non-hydrogen) atoms. The molecule has 0 aliphatic carbocycles. The van der Waals surface area contributed by atoms with Gasteiger partial charge < -0.3 is 10.4 Å². The van der Waals surface area contributed by atoms with E-state index in [4.69, 9.17) is 26.7 Å². The average molecular weight is 567 g/mol. The fourth-order valence-electron chi connectivity index (χ4n) is 4.05. The molecule has 0 radical (unpaired) electrons. The van der Waals surface area contributed by atoms with E-state index < -0.39 is 5.97 Å². The van der Waals surface area contributed by atoms with Crippen molar-refractivity contribution >= 4 is 34.9 Å². The van der Waals surface area contributed by atoms with Gasteiger partial charge in [-0.2, -0.15) is 0 Å². The van der Waals surface area contributed by atoms with Crippen LogP contribution in [0.15, 0.2) is 82.9 Å². The Balaban J connectivity index is 2.02. The average Bonchev–Trinajstić information content (AvgIpc) is 2.94. The summed E-state index contributed by atoms with van der Waals surface area (Å²) >= 11 is 6.15. The zero-order chi connectivity index (χ0) is 29.2. The molecule has 1 aliphatic heterocycles. The third-order valence-corrected chi connectivity index (χ3v) is 6.81. The zero-order valence-corrected chi connectivity index (χ0v) is 24.6. The first-order chi connectivity index (χ1) is 19.3. The van der Waals surface area contributed by atoms with Crippen LogP contribution < -0.4 is 5.32 Å². The lowest BCUT2D eigenvalue weighted by molar-refractivity contribution is -0.137. The molecule has 1 aromatic carbocycles. The molecular formula is C32H43ClN4O3. The van der Waals surface area contributed by atoms with Crippen molar-refractivity contribution in [3.05, 3.63) is 84.0 Å². The van der Waals surface area contributed by atoms with Crippen molar-refractivity contribution in [2.75, 3.05) is 32.7 Å². The number of hydrogen-bond acceptors (Lipinski definition) is 5. The van der Waals surface area contributed by atoms with Gasteiger partial charge in [-0.25, -0.2) is 0 Å². The number of amides is 1. The van der Waals surface area contributed by atoms with Crippen LogP contribution in [0, 0.1) is 6.92 Å². The van der Waals surface area contributed by atoms with Gasteiger partial charge in [-0.1, -0.05) is 67.1 Å². The first-order valence-corrected chi connectivity index (χ1v) is 14.4. The van der Waals surface area contributed by atoms with Crippen LogP contribution in [0.5, 0.6) is 0 Å². The molecule has 1 unspecified atom stereocenters. The molecule has 2 N–H and O–H groups in total. The fraction of sp³-hybridized carbons (Fsp3) is 0.438. The highest BCUT2D eigenvalue weighted by atomic mass is 35.5. The van der Waals surface area contributed by atoms with Crippen molar-refractivity contribution in [2.24, 2.45) is 9.98 Å². The Morgan fingerprint density at radius 1 is 1.20 bits per heavy atom. The van der Waals surface area contributed by atoms with Gasteiger partial charge in [0.25, 0.3) is 5.91 Å². The molecule has 1 heterocycles. The summed E-state index contributed by atoms with van der Waals surface area (Å²) < 4.78 is 0. The van der Waals surface area contributed by atoms with E-state index in [0.717, 1.165) is 31.1 Å². The van der Waals surface area contributed by atoms with Crippen LogP contribution in [0.4, 0.5) is 0 Å². The van der Waals surface area contributed by atoms with Crippen LogP contribution >= 0.6 is 11.6 Å². The maximum atomic E-state index is 13.0. The van der Waals surface area contributed by atoms with Crippen LogP contribution in [0.25, 0.3) is 0 Å². The molecule has 0 saturated carbocycles. The minimum atomic E-state index is -0.805. The van der Waals surface area contributed by atoms with Gasteiger partial charge in [-0.15, -0.1) is 18.2 Å². The number of aliphatic carboxylic acids is 1. The van der Waals surface area contributed by atoms with E-state index in [1.807, 2.05) is 24.3 Å². The summed E-state index contributed by atoms with van der Waals surface area (Å²) in [6.45, 7) is 11.7. The van der Waals surface area contributed by atoms with E-state index in [2.05, 4.69) is 54.9 Å². The maximum Gasteiger partial charge on any atom is 0.303 e. The van der Waals surface area contributed by atoms with Gasteiger partial charge in [0.1, 0.15) is 0 Å². The van der Waals surface area contributed by atoms with Gasteiger partial charge in [-0.05, 0) is 50.8 Å². The summed E-state index contributed by atoms with van der Waals surface area (Å²) in [4.78, 5) is 35.6. The van der Waals surface area contributed by atoms with Crippen molar-refractivity contribution in [2.45, 2.75) is 57.9 Å². The number of carbonyl (C=O) groups excluding carboxylic acids is 1. The molecule has 7 nitrogen and oxygen atoms in total. The molecule has 1 atom stereocenters. The van der Waals surface area contributed by atoms with Crippen molar-refractivity contribution in [3.8, 4) is 0 Å². The fourth-order valence-corrected chi connectivity index (χ4v) is 4.16. The molecule has 1 aliphatic rings. The van der Waals surface area contributed by atoms with Crippen molar-refractivity contribution in [1.82, 2.24) is 10.2 Å². The minimum absolute atomic E-state index is 0.121. The third-order valence-electron chi connectivity index (χ3n) is 6.45. The van der Waals surface area contributed by atoms with Gasteiger partial charge in [0, 0.05) is 31.6 Å². The molecule has 0 fully saturated rings. The standard InChI is InChI=1S/C32H43ClN4O3/c1-4-28(33)11-8-13-30-29(12-6-7-14-31(38)39)35-21-19-27(10-9-20-34-30)32(40)36-22-23-37(5-2)24-26-17-15-25(3)16-18-26/h4,8-10,13,15-19,28H,1,5-7,11-12,14,20-24H2,2-3H3,(H,36,40)(H,38,39)/b10-9-,13-8+,27-19+,34-30-,35-29-. The van der Waals surface area contributed by atoms with Gasteiger partial charge in [0.15, 0.2) is 0 Å². The lowest BCUT2D eigenvalue weighted by atomic mass is 10.1. The van der Waals surface area contributed by atoms with Crippen molar-refractivity contribution < 1.29 is 14.7 Å². The Kier molecular flexibility index (Phi) is 15.6. The number of nitrogens with one attached hydrogen (secondary N) is 1. The maximum absolute atomic E-state index is 13.0. The highest BCUT2D eigenvalue weighted by molar-refractivity contribution is 6.46. The highest BCUT2D eigenvalue weighted by Crippen LogP contribution is 2.10. The Morgan fingerprint density at radius 2 is 1.98 bits per heavy atom. The predicted molar refractivity (Wildman–Crippen MR) is 167 cm³/mol. The van der Waals surface area contributed by atoms with E-state index >= 15 is 0 Å². The van der Waals surface area contributed by atoms with Crippen LogP contribution in [0.1, 0.15) is 50.2 Å². The number of likely N-dealkylation sites (N-methyl/N-ethyl adjacent to an activating group) is 1. The topological polar surface area (TPSA) is 94.4 Å². The van der Waals surface area contributed by atoms with Gasteiger partial charge >= 0.3 is 5.97 Å². The molecule has 8 heteroatoms. The number of nitrogens with zero attached hydrogens (tertiary/aromatic N) is 3. The normalized spacial score (nSPS) is 19.6. The highest BCUT2D eigenvalue weighted by Gasteiger charge is 2.11. The number of benzene rings is 1. The van der Waals surface area contributed by atoms with Crippen molar-refractivity contribution in [3.63, 3.8) is 0 Å². The first-order valence-electron chi connectivity index (χ1n) is 14.0. The molecule has 1 aromatic rings. The van der Waals surface area contributed by atoms with Crippen LogP contribution in [0.3, 0.4) is 0 Å². The number of alkyl halides is 1. The summed E-state index contributed by atoms with van der Waals surface area (Å²) in [6.07, 6.45) is 13.6. The van der Waals surface area contributed by atoms with E-state index in [1.165, 1.54) is 11.1 Å². The summed E-state index contributed by atoms with van der Waals surface area (Å²) in [6, 6.07) is 8.53. The van der Waals surface area contributed by atoms with Crippen molar-refractivity contribution in [1.29, 1.82) is 0 Å². The summed E-state index contributed by atoms with van der Waals surface area (Å²) in [5, 5.41) is 11.8. The van der Waals surface area contributed by atoms with Crippen LogP contribution in [0.2, 0.25) is 0 Å². The Bertz CT molecular complexity index is 1120. The van der Waals surface area contributed by atoms with Crippen LogP contribution in [-0.2, 0) is 16.1 Å². The van der Waals surface area contributed by atoms with E-state index in [9.17, 15) is 9.59 Å². The second-order valence-corrected chi connectivity index (χ2v) is 10.2. The molecule has 0 aromatic heterocycles. The minimum Gasteiger partial charge on any atom is -0.481 e. The number of carboxylic acids is 1. The van der Waals surface area contributed by atoms with Gasteiger partial charge in [0.2, 0.25) is 0 Å². The number of carboxylic acid groups (broad SMARTS) is 1. The van der Waals surface area contributed by atoms with E-state index in [0.29, 0.717) is 50.9 Å². The number of unbranched alkanes of at least 4 members (excludes halogenated alkanes) is 1. The third kappa shape index (κ3) is 13.2. The number of aliphatic imine (C=N–C) groups is 2. The lowest BCUT2D eigenvalue weighted by Crippen LogP contribution is -2.35. The Labute approximate surface area is 244 Å². The molecular weight excluding hydrogens is 524 g/mol. The number of rotatable bonds is 16. The largest absolute Gasteiger partial charge is 0.481 e. The number of halogens is 1. The Morgan fingerprint density at radius 3 is 2.67 bits per heavy atom. The molecule has 0 spiro atoms. The SMILES string of the molecule is C=CC(Cl)C/C=C/C1=N/C/C=C\C(C(=O)NCCN(CC)Cc2ccc(C)cc2)=C/C/N=C\1CCCCC(=O)O. The van der Waals surface area contributed by atoms with E-state index in [1.54, 1.807) is 12.2 Å². The smallest absolute Gasteiger partial charge is 0.303 e. The predicted octanol–water partition coefficient (Wildman–Crippen LogP) is 5.70. The summed E-state index contributed by atoms with van der Waals surface area (Å²) in [7, 11) is 0. The number of allylic oxidation sites excluding steroid dienone is 3. The lowest BCUT2D eigenvalue weighted by Gasteiger charge is -2.21. The summed E-state index contributed by atoms with van der Waals surface area (Å²) in [5.74, 6) is -0.941. The Hall–Kier alpha value is -3.29. The summed E-state index contributed by atoms with van der Waals surface area (Å²) in [5.41, 5.74) is 4.61. The van der Waals surface area contributed by atoms with Gasteiger partial charge in [-0.3, -0.25) is 24.5 Å². The molecule has 216 valence electrons. The second kappa shape index (κ2) is 18.9. The second-order valence-electron chi connectivity index (χ2n) is 9.68. The molecule has 0 bridgehead atoms. The monoisotopic (exact) mass is 566 g/mol. The quantitative estimate of drug-likeness (QED) is 0.152. The molecule has 1 amide bonds. The van der Waals surface area contributed by atoms with Gasteiger partial charge in [0.05, 0.1) is 29.9 Å². The van der Waals surface area contributed by atoms with E-state index in [-0.39, 0.29) is 17.7 Å². The number of hydrogen-bond donors (Lipinski definition) is 2. The number of aryl methyl sites for hydroxylation is 1. The first kappa shape index (κ1) is 32.9.